The SMILES string of the molecule is [2H]c1c([2H])c([2H])c(-c2c([2H])c([2H])c([2H])c([2H])c2-c2c3ccccc3c(-c3c([2H])c([2H])c4c([2H])c([2H])c5c([2H])c([2H])c([2H])c6c([2H])c([2H])c3c4c56)c3c2ccc2ccccc23)c([2H])c1[2H]. The van der Waals surface area contributed by atoms with Gasteiger partial charge in [0, 0.05) is 0 Å². The molecule has 0 atom stereocenters. The van der Waals surface area contributed by atoms with Crippen LogP contribution in [0.4, 0.5) is 0 Å². The van der Waals surface area contributed by atoms with Crippen LogP contribution in [0.5, 0.6) is 0 Å². The van der Waals surface area contributed by atoms with Crippen LogP contribution in [0.3, 0.4) is 0 Å². The van der Waals surface area contributed by atoms with Gasteiger partial charge in [-0.25, -0.2) is 0 Å². The van der Waals surface area contributed by atoms with E-state index >= 15 is 0 Å². The summed E-state index contributed by atoms with van der Waals surface area (Å²) in [6.07, 6.45) is 0. The van der Waals surface area contributed by atoms with Crippen molar-refractivity contribution >= 4 is 64.6 Å². The topological polar surface area (TPSA) is 0 Å². The third kappa shape index (κ3) is 3.56. The van der Waals surface area contributed by atoms with Crippen LogP contribution in [-0.4, -0.2) is 0 Å². The molecule has 0 nitrogen and oxygen atoms in total. The molecule has 10 aromatic rings. The molecule has 0 N–H and O–H groups in total. The standard InChI is InChI=1S/C46H28/c1-2-11-29(12-3-1)34-16-6-7-18-36(34)44-37-19-8-9-20-38(37)46(45-35-17-5-4-13-30(35)23-28-41(44)45)40-27-25-33-22-21-31-14-10-15-32-24-26-39(40)43(33)42(31)32/h1-28H/i1D,2D,3D,6D,7D,10D,11D,12D,14D,15D,16D,18D,21D,22D,24D,25D,26D,27D. The van der Waals surface area contributed by atoms with Crippen molar-refractivity contribution in [1.82, 2.24) is 0 Å². The van der Waals surface area contributed by atoms with Crippen molar-refractivity contribution < 1.29 is 24.7 Å². The van der Waals surface area contributed by atoms with Gasteiger partial charge < -0.3 is 0 Å². The lowest BCUT2D eigenvalue weighted by Gasteiger charge is -2.22. The lowest BCUT2D eigenvalue weighted by atomic mass is 9.81. The zero-order chi connectivity index (χ0) is 45.9. The summed E-state index contributed by atoms with van der Waals surface area (Å²) in [6, 6.07) is 6.58. The van der Waals surface area contributed by atoms with E-state index in [1.807, 2.05) is 6.07 Å². The fraction of sp³-hybridized carbons (Fsp3) is 0. The fourth-order valence-corrected chi connectivity index (χ4v) is 6.79. The number of fused-ring (bicyclic) bond motifs is 4. The molecule has 0 aliphatic heterocycles. The van der Waals surface area contributed by atoms with Gasteiger partial charge in [-0.15, -0.1) is 0 Å². The Balaban J connectivity index is 1.52. The Morgan fingerprint density at radius 1 is 0.304 bits per heavy atom. The van der Waals surface area contributed by atoms with Crippen LogP contribution in [0.1, 0.15) is 24.7 Å². The molecule has 0 bridgehead atoms. The van der Waals surface area contributed by atoms with Crippen LogP contribution in [-0.2, 0) is 0 Å². The molecule has 0 saturated carbocycles. The lowest BCUT2D eigenvalue weighted by molar-refractivity contribution is 1.61. The highest BCUT2D eigenvalue weighted by molar-refractivity contribution is 6.32. The van der Waals surface area contributed by atoms with Crippen LogP contribution < -0.4 is 0 Å². The van der Waals surface area contributed by atoms with E-state index in [2.05, 4.69) is 0 Å². The largest absolute Gasteiger partial charge is 0.0630 e. The van der Waals surface area contributed by atoms with Crippen molar-refractivity contribution in [2.45, 2.75) is 0 Å². The maximum absolute atomic E-state index is 9.77. The first-order valence-electron chi connectivity index (χ1n) is 23.6. The summed E-state index contributed by atoms with van der Waals surface area (Å²) >= 11 is 0. The molecule has 0 aliphatic rings. The minimum absolute atomic E-state index is 0.00666. The normalized spacial score (nSPS) is 17.4. The number of benzene rings is 10. The molecule has 10 aromatic carbocycles. The molecule has 212 valence electrons. The molecule has 0 aliphatic carbocycles. The first-order chi connectivity index (χ1) is 30.3. The van der Waals surface area contributed by atoms with E-state index in [0.29, 0.717) is 32.3 Å². The van der Waals surface area contributed by atoms with Gasteiger partial charge in [-0.3, -0.25) is 0 Å². The van der Waals surface area contributed by atoms with Crippen molar-refractivity contribution in [2.75, 3.05) is 0 Å². The smallest absolute Gasteiger partial charge is 0.0622 e. The van der Waals surface area contributed by atoms with Crippen molar-refractivity contribution in [3.63, 3.8) is 0 Å². The van der Waals surface area contributed by atoms with Crippen LogP contribution in [0.15, 0.2) is 169 Å². The van der Waals surface area contributed by atoms with Gasteiger partial charge in [-0.05, 0) is 98.0 Å². The first kappa shape index (κ1) is 13.6. The monoisotopic (exact) mass is 598 g/mol. The average molecular weight is 599 g/mol. The van der Waals surface area contributed by atoms with Crippen LogP contribution in [0.25, 0.3) is 98.0 Å². The Labute approximate surface area is 292 Å². The third-order valence-corrected chi connectivity index (χ3v) is 8.66. The highest BCUT2D eigenvalue weighted by Crippen LogP contribution is 2.50. The van der Waals surface area contributed by atoms with E-state index in [9.17, 15) is 8.22 Å². The minimum atomic E-state index is -0.712. The summed E-state index contributed by atoms with van der Waals surface area (Å²) in [7, 11) is 0. The summed E-state index contributed by atoms with van der Waals surface area (Å²) < 4.78 is 162. The second-order valence-electron chi connectivity index (χ2n) is 11.0. The van der Waals surface area contributed by atoms with Crippen molar-refractivity contribution in [3.05, 3.63) is 169 Å². The quantitative estimate of drug-likeness (QED) is 0.140. The highest BCUT2D eigenvalue weighted by atomic mass is 14.2. The molecule has 0 heteroatoms. The Morgan fingerprint density at radius 3 is 1.74 bits per heavy atom. The predicted octanol–water partition coefficient (Wildman–Crippen LogP) is 13.0. The minimum Gasteiger partial charge on any atom is -0.0622 e. The zero-order valence-electron chi connectivity index (χ0n) is 41.8. The summed E-state index contributed by atoms with van der Waals surface area (Å²) in [6.45, 7) is 0. The maximum Gasteiger partial charge on any atom is 0.0630 e. The van der Waals surface area contributed by atoms with Gasteiger partial charge in [0.2, 0.25) is 0 Å². The highest BCUT2D eigenvalue weighted by Gasteiger charge is 2.22. The van der Waals surface area contributed by atoms with Gasteiger partial charge in [0.05, 0.1) is 24.7 Å². The maximum atomic E-state index is 9.77. The second kappa shape index (κ2) is 9.76. The van der Waals surface area contributed by atoms with Crippen LogP contribution >= 0.6 is 0 Å². The predicted molar refractivity (Wildman–Crippen MR) is 199 cm³/mol. The Morgan fingerprint density at radius 2 is 0.935 bits per heavy atom. The molecule has 0 heterocycles. The fourth-order valence-electron chi connectivity index (χ4n) is 6.79. The van der Waals surface area contributed by atoms with E-state index in [1.54, 1.807) is 54.6 Å². The number of hydrogen-bond acceptors (Lipinski definition) is 0. The Bertz CT molecular complexity index is 3770. The lowest BCUT2D eigenvalue weighted by Crippen LogP contribution is -1.94. The molecule has 0 aromatic heterocycles. The van der Waals surface area contributed by atoms with Crippen molar-refractivity contribution in [1.29, 1.82) is 0 Å². The molecule has 10 rings (SSSR count). The van der Waals surface area contributed by atoms with Gasteiger partial charge >= 0.3 is 0 Å². The van der Waals surface area contributed by atoms with Crippen molar-refractivity contribution in [2.24, 2.45) is 0 Å². The first-order valence-corrected chi connectivity index (χ1v) is 14.6. The molecule has 0 fully saturated rings. The Kier molecular flexibility index (Phi) is 2.88. The molecule has 0 amide bonds. The average Bonchev–Trinajstić information content (AvgIpc) is 3.29. The van der Waals surface area contributed by atoms with Gasteiger partial charge in [-0.1, -0.05) is 169 Å². The second-order valence-corrected chi connectivity index (χ2v) is 11.0. The summed E-state index contributed by atoms with van der Waals surface area (Å²) in [5, 5.41) is 1.85. The molecule has 0 spiro atoms. The van der Waals surface area contributed by atoms with Crippen LogP contribution in [0.2, 0.25) is 0 Å². The third-order valence-electron chi connectivity index (χ3n) is 8.66. The van der Waals surface area contributed by atoms with Crippen LogP contribution in [0, 0.1) is 0 Å². The van der Waals surface area contributed by atoms with E-state index < -0.39 is 114 Å². The zero-order valence-corrected chi connectivity index (χ0v) is 23.8. The molecular formula is C46H28. The summed E-state index contributed by atoms with van der Waals surface area (Å²) in [5.74, 6) is 0. The molecular weight excluding hydrogens is 553 g/mol. The molecule has 0 radical (unpaired) electrons. The van der Waals surface area contributed by atoms with Crippen molar-refractivity contribution in [3.8, 4) is 33.4 Å². The number of hydrogen-bond donors (Lipinski definition) is 0. The van der Waals surface area contributed by atoms with E-state index in [-0.39, 0.29) is 60.1 Å². The summed E-state index contributed by atoms with van der Waals surface area (Å²) in [4.78, 5) is 0. The van der Waals surface area contributed by atoms with E-state index in [0.717, 1.165) is 0 Å². The molecule has 46 heavy (non-hydrogen) atoms. The van der Waals surface area contributed by atoms with E-state index in [1.165, 1.54) is 0 Å². The molecule has 0 saturated heterocycles. The van der Waals surface area contributed by atoms with Gasteiger partial charge in [0.15, 0.2) is 0 Å². The Hall–Kier alpha value is -5.98. The summed E-state index contributed by atoms with van der Waals surface area (Å²) in [5.41, 5.74) is -0.561. The van der Waals surface area contributed by atoms with E-state index in [4.69, 9.17) is 16.4 Å². The van der Waals surface area contributed by atoms with Gasteiger partial charge in [0.25, 0.3) is 0 Å². The number of rotatable bonds is 3. The molecule has 0 unspecified atom stereocenters. The van der Waals surface area contributed by atoms with Gasteiger partial charge in [0.1, 0.15) is 0 Å². The van der Waals surface area contributed by atoms with Gasteiger partial charge in [-0.2, -0.15) is 0 Å².